The van der Waals surface area contributed by atoms with Gasteiger partial charge in [0.25, 0.3) is 0 Å². The lowest BCUT2D eigenvalue weighted by molar-refractivity contribution is -0.132. The largest absolute Gasteiger partial charge is 0.338 e. The molecule has 3 rings (SSSR count). The molecule has 0 aromatic carbocycles. The molecule has 1 aliphatic carbocycles. The van der Waals surface area contributed by atoms with E-state index in [2.05, 4.69) is 15.2 Å². The van der Waals surface area contributed by atoms with Crippen LogP contribution in [0, 0.1) is 0 Å². The van der Waals surface area contributed by atoms with Gasteiger partial charge >= 0.3 is 0 Å². The van der Waals surface area contributed by atoms with Crippen molar-refractivity contribution in [1.29, 1.82) is 0 Å². The van der Waals surface area contributed by atoms with E-state index in [1.54, 1.807) is 12.4 Å². The van der Waals surface area contributed by atoms with E-state index >= 15 is 0 Å². The molecular formula is C16H23N3O. The van der Waals surface area contributed by atoms with E-state index in [4.69, 9.17) is 0 Å². The third kappa shape index (κ3) is 3.57. The van der Waals surface area contributed by atoms with Gasteiger partial charge in [-0.2, -0.15) is 0 Å². The lowest BCUT2D eigenvalue weighted by atomic mass is 10.1. The molecule has 1 unspecified atom stereocenters. The first-order chi connectivity index (χ1) is 9.83. The third-order valence-electron chi connectivity index (χ3n) is 4.26. The molecule has 2 aliphatic rings. The van der Waals surface area contributed by atoms with Crippen LogP contribution in [0.25, 0.3) is 0 Å². The topological polar surface area (TPSA) is 45.2 Å². The van der Waals surface area contributed by atoms with Crippen molar-refractivity contribution in [3.63, 3.8) is 0 Å². The number of nitrogens with one attached hydrogen (secondary N) is 1. The lowest BCUT2D eigenvalue weighted by Crippen LogP contribution is -2.42. The predicted octanol–water partition coefficient (Wildman–Crippen LogP) is 1.76. The molecule has 1 saturated carbocycles. The van der Waals surface area contributed by atoms with Crippen LogP contribution in [0.3, 0.4) is 0 Å². The van der Waals surface area contributed by atoms with Gasteiger partial charge in [-0.25, -0.2) is 0 Å². The smallest absolute Gasteiger partial charge is 0.223 e. The Kier molecular flexibility index (Phi) is 4.31. The quantitative estimate of drug-likeness (QED) is 0.859. The van der Waals surface area contributed by atoms with Gasteiger partial charge in [-0.15, -0.1) is 0 Å². The van der Waals surface area contributed by atoms with Crippen molar-refractivity contribution in [2.45, 2.75) is 50.6 Å². The van der Waals surface area contributed by atoms with Crippen molar-refractivity contribution < 1.29 is 4.79 Å². The van der Waals surface area contributed by atoms with Crippen molar-refractivity contribution in [3.8, 4) is 0 Å². The fourth-order valence-electron chi connectivity index (χ4n) is 2.94. The highest BCUT2D eigenvalue weighted by atomic mass is 16.2. The molecule has 108 valence electrons. The molecule has 20 heavy (non-hydrogen) atoms. The first-order valence-electron chi connectivity index (χ1n) is 7.74. The van der Waals surface area contributed by atoms with Crippen LogP contribution in [0.2, 0.25) is 0 Å². The summed E-state index contributed by atoms with van der Waals surface area (Å²) in [5, 5.41) is 3.50. The Labute approximate surface area is 120 Å². The number of nitrogens with zero attached hydrogens (tertiary/aromatic N) is 2. The first kappa shape index (κ1) is 13.6. The third-order valence-corrected chi connectivity index (χ3v) is 4.26. The van der Waals surface area contributed by atoms with E-state index in [9.17, 15) is 4.79 Å². The molecular weight excluding hydrogens is 250 g/mol. The zero-order chi connectivity index (χ0) is 13.8. The summed E-state index contributed by atoms with van der Waals surface area (Å²) in [4.78, 5) is 18.6. The molecule has 2 heterocycles. The summed E-state index contributed by atoms with van der Waals surface area (Å²) >= 11 is 0. The molecule has 4 nitrogen and oxygen atoms in total. The molecule has 2 fully saturated rings. The SMILES string of the molecule is O=C(CCc1ccncc1)N(CC1CCCN1)C1CC1. The van der Waals surface area contributed by atoms with Crippen LogP contribution < -0.4 is 5.32 Å². The average molecular weight is 273 g/mol. The fourth-order valence-corrected chi connectivity index (χ4v) is 2.94. The summed E-state index contributed by atoms with van der Waals surface area (Å²) in [6.07, 6.45) is 9.86. The molecule has 4 heteroatoms. The number of carbonyl (C=O) groups excluding carboxylic acids is 1. The minimum absolute atomic E-state index is 0.318. The van der Waals surface area contributed by atoms with Crippen LogP contribution in [0.15, 0.2) is 24.5 Å². The predicted molar refractivity (Wildman–Crippen MR) is 78.3 cm³/mol. The highest BCUT2D eigenvalue weighted by Gasteiger charge is 2.34. The maximum atomic E-state index is 12.5. The van der Waals surface area contributed by atoms with Gasteiger partial charge < -0.3 is 10.2 Å². The van der Waals surface area contributed by atoms with Gasteiger partial charge in [-0.3, -0.25) is 9.78 Å². The summed E-state index contributed by atoms with van der Waals surface area (Å²) in [7, 11) is 0. The Bertz CT molecular complexity index is 438. The fraction of sp³-hybridized carbons (Fsp3) is 0.625. The Hall–Kier alpha value is -1.42. The monoisotopic (exact) mass is 273 g/mol. The van der Waals surface area contributed by atoms with Gasteiger partial charge in [0.2, 0.25) is 5.91 Å². The summed E-state index contributed by atoms with van der Waals surface area (Å²) in [5.74, 6) is 0.318. The average Bonchev–Trinajstić information content (AvgIpc) is 3.20. The Balaban J connectivity index is 1.52. The summed E-state index contributed by atoms with van der Waals surface area (Å²) < 4.78 is 0. The van der Waals surface area contributed by atoms with Gasteiger partial charge in [-0.1, -0.05) is 0 Å². The molecule has 1 aromatic rings. The Morgan fingerprint density at radius 3 is 2.75 bits per heavy atom. The van der Waals surface area contributed by atoms with Crippen molar-refractivity contribution >= 4 is 5.91 Å². The second-order valence-corrected chi connectivity index (χ2v) is 5.93. The van der Waals surface area contributed by atoms with Crippen LogP contribution in [0.1, 0.15) is 37.7 Å². The van der Waals surface area contributed by atoms with Crippen molar-refractivity contribution in [1.82, 2.24) is 15.2 Å². The van der Waals surface area contributed by atoms with Crippen LogP contribution in [-0.2, 0) is 11.2 Å². The number of amides is 1. The number of carbonyl (C=O) groups is 1. The molecule has 1 N–H and O–H groups in total. The minimum Gasteiger partial charge on any atom is -0.338 e. The molecule has 1 atom stereocenters. The number of hydrogen-bond donors (Lipinski definition) is 1. The van der Waals surface area contributed by atoms with Crippen LogP contribution in [0.4, 0.5) is 0 Å². The molecule has 0 bridgehead atoms. The summed E-state index contributed by atoms with van der Waals surface area (Å²) in [6.45, 7) is 2.01. The highest BCUT2D eigenvalue weighted by molar-refractivity contribution is 5.77. The summed E-state index contributed by atoms with van der Waals surface area (Å²) in [5.41, 5.74) is 1.20. The Morgan fingerprint density at radius 1 is 1.30 bits per heavy atom. The van der Waals surface area contributed by atoms with E-state index in [-0.39, 0.29) is 0 Å². The van der Waals surface area contributed by atoms with Crippen molar-refractivity contribution in [3.05, 3.63) is 30.1 Å². The van der Waals surface area contributed by atoms with Crippen molar-refractivity contribution in [2.24, 2.45) is 0 Å². The van der Waals surface area contributed by atoms with Gasteiger partial charge in [-0.05, 0) is 56.3 Å². The standard InChI is InChI=1S/C16H23N3O/c20-16(6-3-13-7-10-17-11-8-13)19(15-4-5-15)12-14-2-1-9-18-14/h7-8,10-11,14-15,18H,1-6,9,12H2. The number of hydrogen-bond acceptors (Lipinski definition) is 3. The maximum absolute atomic E-state index is 12.5. The van der Waals surface area contributed by atoms with E-state index < -0.39 is 0 Å². The number of aromatic nitrogens is 1. The van der Waals surface area contributed by atoms with E-state index in [0.29, 0.717) is 24.4 Å². The lowest BCUT2D eigenvalue weighted by Gasteiger charge is -2.26. The van der Waals surface area contributed by atoms with Gasteiger partial charge in [0.1, 0.15) is 0 Å². The van der Waals surface area contributed by atoms with Crippen LogP contribution >= 0.6 is 0 Å². The van der Waals surface area contributed by atoms with E-state index in [1.165, 1.54) is 31.2 Å². The highest BCUT2D eigenvalue weighted by Crippen LogP contribution is 2.28. The molecule has 1 amide bonds. The van der Waals surface area contributed by atoms with Gasteiger partial charge in [0.15, 0.2) is 0 Å². The molecule has 1 aromatic heterocycles. The van der Waals surface area contributed by atoms with Crippen LogP contribution in [0.5, 0.6) is 0 Å². The summed E-state index contributed by atoms with van der Waals surface area (Å²) in [6, 6.07) is 5.02. The van der Waals surface area contributed by atoms with E-state index in [1.807, 2.05) is 12.1 Å². The maximum Gasteiger partial charge on any atom is 0.223 e. The molecule has 1 aliphatic heterocycles. The van der Waals surface area contributed by atoms with Crippen molar-refractivity contribution in [2.75, 3.05) is 13.1 Å². The normalized spacial score (nSPS) is 21.9. The number of rotatable bonds is 6. The van der Waals surface area contributed by atoms with Crippen LogP contribution in [-0.4, -0.2) is 41.0 Å². The first-order valence-corrected chi connectivity index (χ1v) is 7.74. The van der Waals surface area contributed by atoms with E-state index in [0.717, 1.165) is 19.5 Å². The number of pyridine rings is 1. The van der Waals surface area contributed by atoms with Gasteiger partial charge in [0, 0.05) is 37.4 Å². The molecule has 0 spiro atoms. The second kappa shape index (κ2) is 6.35. The second-order valence-electron chi connectivity index (χ2n) is 5.93. The van der Waals surface area contributed by atoms with Gasteiger partial charge in [0.05, 0.1) is 0 Å². The molecule has 1 saturated heterocycles. The minimum atomic E-state index is 0.318. The zero-order valence-electron chi connectivity index (χ0n) is 11.9. The Morgan fingerprint density at radius 2 is 2.10 bits per heavy atom. The number of aryl methyl sites for hydroxylation is 1. The zero-order valence-corrected chi connectivity index (χ0v) is 11.9. The molecule has 0 radical (unpaired) electrons.